The van der Waals surface area contributed by atoms with Crippen molar-refractivity contribution in [1.82, 2.24) is 5.32 Å². The lowest BCUT2D eigenvalue weighted by Crippen LogP contribution is -2.40. The van der Waals surface area contributed by atoms with E-state index in [1.807, 2.05) is 12.1 Å². The molecule has 1 amide bonds. The molecule has 2 aliphatic heterocycles. The van der Waals surface area contributed by atoms with Gasteiger partial charge in [0.05, 0.1) is 12.2 Å². The molecular weight excluding hydrogens is 324 g/mol. The fourth-order valence-electron chi connectivity index (χ4n) is 3.50. The Morgan fingerprint density at radius 3 is 2.54 bits per heavy atom. The van der Waals surface area contributed by atoms with Crippen LogP contribution in [0.2, 0.25) is 5.02 Å². The molecule has 2 N–H and O–H groups in total. The second-order valence-electron chi connectivity index (χ2n) is 6.61. The summed E-state index contributed by atoms with van der Waals surface area (Å²) in [5.41, 5.74) is 2.55. The second kappa shape index (κ2) is 6.20. The van der Waals surface area contributed by atoms with Gasteiger partial charge in [0.1, 0.15) is 0 Å². The average Bonchev–Trinajstić information content (AvgIpc) is 3.18. The molecule has 5 heteroatoms. The summed E-state index contributed by atoms with van der Waals surface area (Å²) in [6, 6.07) is 15.4. The highest BCUT2D eigenvalue weighted by atomic mass is 35.5. The van der Waals surface area contributed by atoms with Crippen molar-refractivity contribution in [1.29, 1.82) is 0 Å². The Morgan fingerprint density at radius 2 is 1.96 bits per heavy atom. The largest absolute Gasteiger partial charge is 0.372 e. The third kappa shape index (κ3) is 3.18. The molecule has 24 heavy (non-hydrogen) atoms. The molecule has 2 unspecified atom stereocenters. The van der Waals surface area contributed by atoms with E-state index in [4.69, 9.17) is 16.3 Å². The number of fused-ring (bicyclic) bond motifs is 2. The van der Waals surface area contributed by atoms with Crippen LogP contribution in [0.15, 0.2) is 48.5 Å². The monoisotopic (exact) mass is 342 g/mol. The lowest BCUT2D eigenvalue weighted by atomic mass is 9.93. The lowest BCUT2D eigenvalue weighted by Gasteiger charge is -2.26. The summed E-state index contributed by atoms with van der Waals surface area (Å²) in [5, 5.41) is 7.01. The number of morpholine rings is 1. The normalized spacial score (nSPS) is 25.0. The second-order valence-corrected chi connectivity index (χ2v) is 7.05. The van der Waals surface area contributed by atoms with Gasteiger partial charge in [0.2, 0.25) is 0 Å². The minimum atomic E-state index is -0.139. The van der Waals surface area contributed by atoms with Crippen molar-refractivity contribution in [3.8, 4) is 0 Å². The van der Waals surface area contributed by atoms with Crippen LogP contribution < -0.4 is 10.6 Å². The number of benzene rings is 2. The number of halogens is 1. The van der Waals surface area contributed by atoms with Gasteiger partial charge in [0.25, 0.3) is 5.91 Å². The summed E-state index contributed by atoms with van der Waals surface area (Å²) in [4.78, 5) is 12.2. The number of nitrogens with one attached hydrogen (secondary N) is 2. The van der Waals surface area contributed by atoms with Gasteiger partial charge < -0.3 is 15.4 Å². The van der Waals surface area contributed by atoms with Gasteiger partial charge in [-0.15, -0.1) is 0 Å². The summed E-state index contributed by atoms with van der Waals surface area (Å²) in [6.07, 6.45) is 1.99. The topological polar surface area (TPSA) is 50.4 Å². The molecule has 124 valence electrons. The molecule has 2 aromatic carbocycles. The highest BCUT2D eigenvalue weighted by Gasteiger charge is 2.45. The maximum Gasteiger partial charge on any atom is 0.255 e. The first-order chi connectivity index (χ1) is 11.6. The number of rotatable bonds is 4. The van der Waals surface area contributed by atoms with Crippen molar-refractivity contribution in [3.63, 3.8) is 0 Å². The predicted molar refractivity (Wildman–Crippen MR) is 94.6 cm³/mol. The number of carbonyl (C=O) groups is 1. The molecule has 0 radical (unpaired) electrons. The Labute approximate surface area is 146 Å². The van der Waals surface area contributed by atoms with E-state index >= 15 is 0 Å². The SMILES string of the molecule is O=C(Nc1ccc(CC23CNC(CO2)C3)cc1)c1ccc(Cl)cc1. The zero-order chi connectivity index (χ0) is 16.6. The van der Waals surface area contributed by atoms with Crippen molar-refractivity contribution in [2.75, 3.05) is 18.5 Å². The van der Waals surface area contributed by atoms with E-state index < -0.39 is 0 Å². The summed E-state index contributed by atoms with van der Waals surface area (Å²) < 4.78 is 5.96. The molecule has 2 aromatic rings. The fraction of sp³-hybridized carbons (Fsp3) is 0.316. The number of hydrogen-bond acceptors (Lipinski definition) is 3. The molecule has 0 spiro atoms. The molecule has 2 bridgehead atoms. The first-order valence-electron chi connectivity index (χ1n) is 8.15. The van der Waals surface area contributed by atoms with Gasteiger partial charge in [-0.1, -0.05) is 23.7 Å². The van der Waals surface area contributed by atoms with Crippen molar-refractivity contribution >= 4 is 23.2 Å². The number of anilines is 1. The molecule has 0 aromatic heterocycles. The van der Waals surface area contributed by atoms with Crippen LogP contribution in [0.4, 0.5) is 5.69 Å². The Balaban J connectivity index is 1.40. The minimum Gasteiger partial charge on any atom is -0.372 e. The van der Waals surface area contributed by atoms with Gasteiger partial charge in [-0.2, -0.15) is 0 Å². The quantitative estimate of drug-likeness (QED) is 0.896. The van der Waals surface area contributed by atoms with E-state index in [0.717, 1.165) is 31.7 Å². The Morgan fingerprint density at radius 1 is 1.21 bits per heavy atom. The molecule has 0 saturated carbocycles. The highest BCUT2D eigenvalue weighted by molar-refractivity contribution is 6.30. The molecule has 4 nitrogen and oxygen atoms in total. The first-order valence-corrected chi connectivity index (χ1v) is 8.53. The van der Waals surface area contributed by atoms with E-state index in [-0.39, 0.29) is 11.5 Å². The van der Waals surface area contributed by atoms with Gasteiger partial charge in [0, 0.05) is 35.3 Å². The zero-order valence-electron chi connectivity index (χ0n) is 13.2. The molecule has 4 rings (SSSR count). The minimum absolute atomic E-state index is 0.0429. The van der Waals surface area contributed by atoms with Crippen molar-refractivity contribution in [3.05, 3.63) is 64.7 Å². The maximum atomic E-state index is 12.2. The molecule has 2 fully saturated rings. The highest BCUT2D eigenvalue weighted by Crippen LogP contribution is 2.34. The van der Waals surface area contributed by atoms with E-state index in [0.29, 0.717) is 16.6 Å². The van der Waals surface area contributed by atoms with E-state index in [9.17, 15) is 4.79 Å². The Hall–Kier alpha value is -1.88. The first kappa shape index (κ1) is 15.6. The smallest absolute Gasteiger partial charge is 0.255 e. The summed E-state index contributed by atoms with van der Waals surface area (Å²) in [7, 11) is 0. The summed E-state index contributed by atoms with van der Waals surface area (Å²) in [6.45, 7) is 1.74. The van der Waals surface area contributed by atoms with Gasteiger partial charge in [-0.3, -0.25) is 4.79 Å². The predicted octanol–water partition coefficient (Wildman–Crippen LogP) is 3.27. The number of hydrogen-bond donors (Lipinski definition) is 2. The van der Waals surface area contributed by atoms with Gasteiger partial charge in [-0.05, 0) is 48.4 Å². The van der Waals surface area contributed by atoms with Crippen LogP contribution in [0.5, 0.6) is 0 Å². The summed E-state index contributed by atoms with van der Waals surface area (Å²) in [5.74, 6) is -0.139. The average molecular weight is 343 g/mol. The van der Waals surface area contributed by atoms with E-state index in [1.165, 1.54) is 5.56 Å². The van der Waals surface area contributed by atoms with Gasteiger partial charge in [0.15, 0.2) is 0 Å². The van der Waals surface area contributed by atoms with Crippen molar-refractivity contribution < 1.29 is 9.53 Å². The summed E-state index contributed by atoms with van der Waals surface area (Å²) >= 11 is 5.84. The van der Waals surface area contributed by atoms with Crippen molar-refractivity contribution in [2.45, 2.75) is 24.5 Å². The van der Waals surface area contributed by atoms with Crippen LogP contribution in [0, 0.1) is 0 Å². The molecule has 2 heterocycles. The van der Waals surface area contributed by atoms with E-state index in [2.05, 4.69) is 22.8 Å². The van der Waals surface area contributed by atoms with Gasteiger partial charge >= 0.3 is 0 Å². The third-order valence-corrected chi connectivity index (χ3v) is 5.02. The van der Waals surface area contributed by atoms with Crippen LogP contribution >= 0.6 is 11.6 Å². The van der Waals surface area contributed by atoms with Crippen LogP contribution in [-0.2, 0) is 11.2 Å². The molecular formula is C19H19ClN2O2. The van der Waals surface area contributed by atoms with Crippen LogP contribution in [-0.4, -0.2) is 30.7 Å². The molecule has 2 aliphatic rings. The molecule has 0 aliphatic carbocycles. The number of amides is 1. The Kier molecular flexibility index (Phi) is 4.04. The Bertz CT molecular complexity index is 735. The number of carbonyl (C=O) groups excluding carboxylic acids is 1. The third-order valence-electron chi connectivity index (χ3n) is 4.77. The molecule has 2 atom stereocenters. The lowest BCUT2D eigenvalue weighted by molar-refractivity contribution is -0.00521. The number of ether oxygens (including phenoxy) is 1. The van der Waals surface area contributed by atoms with Crippen LogP contribution in [0.1, 0.15) is 22.3 Å². The van der Waals surface area contributed by atoms with E-state index in [1.54, 1.807) is 24.3 Å². The van der Waals surface area contributed by atoms with Crippen LogP contribution in [0.3, 0.4) is 0 Å². The molecule has 2 saturated heterocycles. The standard InChI is InChI=1S/C19H19ClN2O2/c20-15-5-3-14(4-6-15)18(23)22-16-7-1-13(2-8-16)9-19-10-17(11-24-19)21-12-19/h1-8,17,21H,9-12H2,(H,22,23). The van der Waals surface area contributed by atoms with Gasteiger partial charge in [-0.25, -0.2) is 0 Å². The zero-order valence-corrected chi connectivity index (χ0v) is 14.0. The fourth-order valence-corrected chi connectivity index (χ4v) is 3.62. The maximum absolute atomic E-state index is 12.2. The van der Waals surface area contributed by atoms with Crippen LogP contribution in [0.25, 0.3) is 0 Å². The van der Waals surface area contributed by atoms with Crippen molar-refractivity contribution in [2.24, 2.45) is 0 Å².